The standard InChI is InChI=1S/C20H24FNO3/c1-16(23)25-13-12-24-15-19(21)14-22-20(17-8-4-2-5-9-17)18-10-6-3-7-11-18/h2-11,19-20,22H,12-15H2,1H3. The molecule has 0 heterocycles. The first-order valence-corrected chi connectivity index (χ1v) is 8.35. The average molecular weight is 345 g/mol. The van der Waals surface area contributed by atoms with Gasteiger partial charge in [-0.25, -0.2) is 4.39 Å². The van der Waals surface area contributed by atoms with Crippen molar-refractivity contribution in [3.63, 3.8) is 0 Å². The van der Waals surface area contributed by atoms with Crippen molar-refractivity contribution in [2.45, 2.75) is 19.1 Å². The van der Waals surface area contributed by atoms with Crippen LogP contribution in [-0.2, 0) is 14.3 Å². The van der Waals surface area contributed by atoms with Gasteiger partial charge in [0.2, 0.25) is 0 Å². The van der Waals surface area contributed by atoms with Crippen molar-refractivity contribution in [3.05, 3.63) is 71.8 Å². The molecule has 0 fully saturated rings. The summed E-state index contributed by atoms with van der Waals surface area (Å²) < 4.78 is 24.0. The average Bonchev–Trinajstić information content (AvgIpc) is 2.63. The number of esters is 1. The van der Waals surface area contributed by atoms with Gasteiger partial charge in [0.15, 0.2) is 0 Å². The molecule has 4 nitrogen and oxygen atoms in total. The van der Waals surface area contributed by atoms with E-state index in [1.165, 1.54) is 6.92 Å². The molecular formula is C20H24FNO3. The Bertz CT molecular complexity index is 582. The van der Waals surface area contributed by atoms with Crippen molar-refractivity contribution >= 4 is 5.97 Å². The fourth-order valence-corrected chi connectivity index (χ4v) is 2.48. The normalized spacial score (nSPS) is 12.1. The Morgan fingerprint density at radius 3 is 2.08 bits per heavy atom. The summed E-state index contributed by atoms with van der Waals surface area (Å²) in [5, 5.41) is 3.27. The van der Waals surface area contributed by atoms with E-state index in [1.54, 1.807) is 0 Å². The van der Waals surface area contributed by atoms with Crippen LogP contribution in [0.3, 0.4) is 0 Å². The molecule has 0 spiro atoms. The molecule has 5 heteroatoms. The van der Waals surface area contributed by atoms with Gasteiger partial charge in [-0.1, -0.05) is 60.7 Å². The van der Waals surface area contributed by atoms with Gasteiger partial charge in [0.05, 0.1) is 19.3 Å². The fourth-order valence-electron chi connectivity index (χ4n) is 2.48. The molecule has 1 N–H and O–H groups in total. The zero-order valence-corrected chi connectivity index (χ0v) is 14.4. The number of halogens is 1. The molecule has 0 radical (unpaired) electrons. The van der Waals surface area contributed by atoms with Crippen molar-refractivity contribution in [1.29, 1.82) is 0 Å². The molecular weight excluding hydrogens is 321 g/mol. The summed E-state index contributed by atoms with van der Waals surface area (Å²) in [6.07, 6.45) is -1.15. The van der Waals surface area contributed by atoms with Gasteiger partial charge in [0.25, 0.3) is 0 Å². The highest BCUT2D eigenvalue weighted by molar-refractivity contribution is 5.65. The van der Waals surface area contributed by atoms with Crippen molar-refractivity contribution in [2.75, 3.05) is 26.4 Å². The number of alkyl halides is 1. The molecule has 0 aliphatic heterocycles. The number of benzene rings is 2. The Kier molecular flexibility index (Phi) is 8.09. The molecule has 2 aromatic rings. The van der Waals surface area contributed by atoms with Crippen LogP contribution in [0.5, 0.6) is 0 Å². The Morgan fingerprint density at radius 2 is 1.56 bits per heavy atom. The van der Waals surface area contributed by atoms with Crippen LogP contribution >= 0.6 is 0 Å². The third-order valence-corrected chi connectivity index (χ3v) is 3.64. The van der Waals surface area contributed by atoms with Crippen molar-refractivity contribution in [1.82, 2.24) is 5.32 Å². The highest BCUT2D eigenvalue weighted by Gasteiger charge is 2.16. The molecule has 2 rings (SSSR count). The second-order valence-electron chi connectivity index (χ2n) is 5.67. The van der Waals surface area contributed by atoms with Crippen LogP contribution in [0.4, 0.5) is 4.39 Å². The van der Waals surface area contributed by atoms with Crippen LogP contribution in [0.1, 0.15) is 24.1 Å². The molecule has 0 aliphatic rings. The number of hydrogen-bond donors (Lipinski definition) is 1. The predicted molar refractivity (Wildman–Crippen MR) is 95.1 cm³/mol. The first-order valence-electron chi connectivity index (χ1n) is 8.35. The minimum absolute atomic E-state index is 0.0371. The zero-order valence-electron chi connectivity index (χ0n) is 14.4. The van der Waals surface area contributed by atoms with E-state index in [2.05, 4.69) is 5.32 Å². The third-order valence-electron chi connectivity index (χ3n) is 3.64. The Balaban J connectivity index is 1.85. The van der Waals surface area contributed by atoms with E-state index in [0.717, 1.165) is 11.1 Å². The number of carbonyl (C=O) groups is 1. The molecule has 0 amide bonds. The highest BCUT2D eigenvalue weighted by atomic mass is 19.1. The van der Waals surface area contributed by atoms with Gasteiger partial charge in [-0.3, -0.25) is 4.79 Å². The minimum atomic E-state index is -1.15. The van der Waals surface area contributed by atoms with Crippen LogP contribution < -0.4 is 5.32 Å². The molecule has 25 heavy (non-hydrogen) atoms. The zero-order chi connectivity index (χ0) is 17.9. The number of ether oxygens (including phenoxy) is 2. The van der Waals surface area contributed by atoms with Gasteiger partial charge in [0.1, 0.15) is 12.8 Å². The van der Waals surface area contributed by atoms with Gasteiger partial charge in [-0.15, -0.1) is 0 Å². The van der Waals surface area contributed by atoms with Crippen molar-refractivity contribution < 1.29 is 18.7 Å². The summed E-state index contributed by atoms with van der Waals surface area (Å²) in [6, 6.07) is 19.8. The molecule has 1 unspecified atom stereocenters. The monoisotopic (exact) mass is 345 g/mol. The highest BCUT2D eigenvalue weighted by Crippen LogP contribution is 2.21. The summed E-state index contributed by atoms with van der Waals surface area (Å²) in [5.41, 5.74) is 2.16. The summed E-state index contributed by atoms with van der Waals surface area (Å²) in [7, 11) is 0. The minimum Gasteiger partial charge on any atom is -0.463 e. The molecule has 0 aliphatic carbocycles. The van der Waals surface area contributed by atoms with E-state index in [1.807, 2.05) is 60.7 Å². The predicted octanol–water partition coefficient (Wildman–Crippen LogP) is 3.28. The molecule has 1 atom stereocenters. The Morgan fingerprint density at radius 1 is 1.00 bits per heavy atom. The third kappa shape index (κ3) is 7.03. The lowest BCUT2D eigenvalue weighted by Crippen LogP contribution is -2.31. The van der Waals surface area contributed by atoms with E-state index < -0.39 is 6.17 Å². The van der Waals surface area contributed by atoms with E-state index in [0.29, 0.717) is 0 Å². The molecule has 0 bridgehead atoms. The van der Waals surface area contributed by atoms with Gasteiger partial charge >= 0.3 is 5.97 Å². The summed E-state index contributed by atoms with van der Waals surface area (Å²) in [4.78, 5) is 10.6. The maximum absolute atomic E-state index is 14.1. The smallest absolute Gasteiger partial charge is 0.302 e. The Hall–Kier alpha value is -2.24. The van der Waals surface area contributed by atoms with Crippen LogP contribution in [-0.4, -0.2) is 38.5 Å². The van der Waals surface area contributed by atoms with E-state index >= 15 is 0 Å². The first-order chi connectivity index (χ1) is 12.2. The summed E-state index contributed by atoms with van der Waals surface area (Å²) in [6.45, 7) is 1.80. The molecule has 134 valence electrons. The van der Waals surface area contributed by atoms with E-state index in [4.69, 9.17) is 9.47 Å². The quantitative estimate of drug-likeness (QED) is 0.530. The second kappa shape index (κ2) is 10.6. The first kappa shape index (κ1) is 19.1. The Labute approximate surface area is 148 Å². The molecule has 0 aromatic heterocycles. The molecule has 0 saturated heterocycles. The summed E-state index contributed by atoms with van der Waals surface area (Å²) in [5.74, 6) is -0.365. The van der Waals surface area contributed by atoms with Gasteiger partial charge in [-0.05, 0) is 11.1 Å². The van der Waals surface area contributed by atoms with Crippen LogP contribution in [0.2, 0.25) is 0 Å². The topological polar surface area (TPSA) is 47.6 Å². The van der Waals surface area contributed by atoms with Crippen LogP contribution in [0.25, 0.3) is 0 Å². The maximum Gasteiger partial charge on any atom is 0.302 e. The van der Waals surface area contributed by atoms with E-state index in [9.17, 15) is 9.18 Å². The number of hydrogen-bond acceptors (Lipinski definition) is 4. The van der Waals surface area contributed by atoms with E-state index in [-0.39, 0.29) is 38.4 Å². The number of nitrogens with one attached hydrogen (secondary N) is 1. The largest absolute Gasteiger partial charge is 0.463 e. The number of rotatable bonds is 10. The SMILES string of the molecule is CC(=O)OCCOCC(F)CNC(c1ccccc1)c1ccccc1. The van der Waals surface area contributed by atoms with Crippen LogP contribution in [0.15, 0.2) is 60.7 Å². The van der Waals surface area contributed by atoms with Crippen molar-refractivity contribution in [2.24, 2.45) is 0 Å². The summed E-state index contributed by atoms with van der Waals surface area (Å²) >= 11 is 0. The van der Waals surface area contributed by atoms with Gasteiger partial charge in [0, 0.05) is 13.5 Å². The lowest BCUT2D eigenvalue weighted by atomic mass is 9.98. The van der Waals surface area contributed by atoms with Gasteiger partial charge in [-0.2, -0.15) is 0 Å². The molecule has 0 saturated carbocycles. The lowest BCUT2D eigenvalue weighted by molar-refractivity contribution is -0.142. The lowest BCUT2D eigenvalue weighted by Gasteiger charge is -2.21. The second-order valence-corrected chi connectivity index (χ2v) is 5.67. The van der Waals surface area contributed by atoms with Crippen LogP contribution in [0, 0.1) is 0 Å². The molecule has 2 aromatic carbocycles. The maximum atomic E-state index is 14.1. The number of carbonyl (C=O) groups excluding carboxylic acids is 1. The fraction of sp³-hybridized carbons (Fsp3) is 0.350. The van der Waals surface area contributed by atoms with Crippen molar-refractivity contribution in [3.8, 4) is 0 Å². The van der Waals surface area contributed by atoms with Gasteiger partial charge < -0.3 is 14.8 Å².